The van der Waals surface area contributed by atoms with Gasteiger partial charge in [0.15, 0.2) is 0 Å². The molecule has 1 unspecified atom stereocenters. The zero-order chi connectivity index (χ0) is 9.80. The van der Waals surface area contributed by atoms with Gasteiger partial charge in [0.25, 0.3) is 0 Å². The van der Waals surface area contributed by atoms with Gasteiger partial charge >= 0.3 is 0 Å². The van der Waals surface area contributed by atoms with Crippen molar-refractivity contribution in [1.29, 1.82) is 0 Å². The van der Waals surface area contributed by atoms with Gasteiger partial charge in [0.1, 0.15) is 5.75 Å². The SMILES string of the molecule is Clc1cncc(OCC2CCNC2)c1. The van der Waals surface area contributed by atoms with Crippen LogP contribution in [0.5, 0.6) is 5.75 Å². The number of rotatable bonds is 3. The largest absolute Gasteiger partial charge is 0.492 e. The second kappa shape index (κ2) is 4.62. The molecular formula is C10H13ClN2O. The van der Waals surface area contributed by atoms with Gasteiger partial charge in [0.05, 0.1) is 17.8 Å². The molecule has 0 aromatic carbocycles. The molecule has 1 fully saturated rings. The lowest BCUT2D eigenvalue weighted by Gasteiger charge is -2.10. The molecule has 76 valence electrons. The second-order valence-corrected chi connectivity index (χ2v) is 3.95. The number of ether oxygens (including phenoxy) is 1. The first kappa shape index (κ1) is 9.74. The number of hydrogen-bond acceptors (Lipinski definition) is 3. The van der Waals surface area contributed by atoms with E-state index in [1.54, 1.807) is 18.5 Å². The van der Waals surface area contributed by atoms with Gasteiger partial charge in [-0.15, -0.1) is 0 Å². The summed E-state index contributed by atoms with van der Waals surface area (Å²) < 4.78 is 5.58. The maximum Gasteiger partial charge on any atom is 0.139 e. The first-order valence-electron chi connectivity index (χ1n) is 4.78. The predicted molar refractivity (Wildman–Crippen MR) is 55.7 cm³/mol. The second-order valence-electron chi connectivity index (χ2n) is 3.51. The van der Waals surface area contributed by atoms with Crippen LogP contribution in [0.4, 0.5) is 0 Å². The number of pyridine rings is 1. The van der Waals surface area contributed by atoms with Crippen LogP contribution in [0.15, 0.2) is 18.5 Å². The Morgan fingerprint density at radius 1 is 1.57 bits per heavy atom. The molecule has 4 heteroatoms. The first-order chi connectivity index (χ1) is 6.84. The van der Waals surface area contributed by atoms with E-state index in [1.165, 1.54) is 6.42 Å². The molecule has 1 saturated heterocycles. The monoisotopic (exact) mass is 212 g/mol. The van der Waals surface area contributed by atoms with E-state index in [1.807, 2.05) is 0 Å². The van der Waals surface area contributed by atoms with Crippen LogP contribution in [-0.2, 0) is 0 Å². The van der Waals surface area contributed by atoms with E-state index in [0.29, 0.717) is 10.9 Å². The first-order valence-corrected chi connectivity index (χ1v) is 5.16. The molecule has 1 atom stereocenters. The summed E-state index contributed by atoms with van der Waals surface area (Å²) in [4.78, 5) is 3.96. The zero-order valence-corrected chi connectivity index (χ0v) is 8.63. The summed E-state index contributed by atoms with van der Waals surface area (Å²) in [5, 5.41) is 3.92. The summed E-state index contributed by atoms with van der Waals surface area (Å²) in [5.74, 6) is 1.37. The Bertz CT molecular complexity index is 300. The third kappa shape index (κ3) is 2.59. The molecule has 0 spiro atoms. The van der Waals surface area contributed by atoms with Crippen molar-refractivity contribution < 1.29 is 4.74 Å². The third-order valence-electron chi connectivity index (χ3n) is 2.33. The van der Waals surface area contributed by atoms with Crippen molar-refractivity contribution in [3.05, 3.63) is 23.5 Å². The van der Waals surface area contributed by atoms with E-state index in [4.69, 9.17) is 16.3 Å². The fourth-order valence-electron chi connectivity index (χ4n) is 1.54. The Hall–Kier alpha value is -0.800. The predicted octanol–water partition coefficient (Wildman–Crippen LogP) is 1.72. The van der Waals surface area contributed by atoms with E-state index in [9.17, 15) is 0 Å². The molecule has 1 aliphatic heterocycles. The molecular weight excluding hydrogens is 200 g/mol. The summed E-state index contributed by atoms with van der Waals surface area (Å²) in [7, 11) is 0. The minimum absolute atomic E-state index is 0.618. The van der Waals surface area contributed by atoms with Gasteiger partial charge in [0.2, 0.25) is 0 Å². The van der Waals surface area contributed by atoms with Crippen molar-refractivity contribution in [1.82, 2.24) is 10.3 Å². The molecule has 0 radical (unpaired) electrons. The van der Waals surface area contributed by atoms with Gasteiger partial charge in [-0.25, -0.2) is 0 Å². The molecule has 0 aliphatic carbocycles. The van der Waals surface area contributed by atoms with Crippen LogP contribution in [0, 0.1) is 5.92 Å². The van der Waals surface area contributed by atoms with E-state index in [2.05, 4.69) is 10.3 Å². The standard InChI is InChI=1S/C10H13ClN2O/c11-9-3-10(6-13-5-9)14-7-8-1-2-12-4-8/h3,5-6,8,12H,1-2,4,7H2. The van der Waals surface area contributed by atoms with E-state index >= 15 is 0 Å². The fraction of sp³-hybridized carbons (Fsp3) is 0.500. The lowest BCUT2D eigenvalue weighted by molar-refractivity contribution is 0.259. The number of halogens is 1. The number of nitrogens with one attached hydrogen (secondary N) is 1. The molecule has 2 heterocycles. The summed E-state index contributed by atoms with van der Waals surface area (Å²) in [6, 6.07) is 1.79. The fourth-order valence-corrected chi connectivity index (χ4v) is 1.71. The average Bonchev–Trinajstić information content (AvgIpc) is 2.67. The molecule has 14 heavy (non-hydrogen) atoms. The maximum atomic E-state index is 5.79. The van der Waals surface area contributed by atoms with Crippen molar-refractivity contribution in [2.45, 2.75) is 6.42 Å². The van der Waals surface area contributed by atoms with Gasteiger partial charge in [-0.1, -0.05) is 11.6 Å². The van der Waals surface area contributed by atoms with Crippen LogP contribution in [0.2, 0.25) is 5.02 Å². The lowest BCUT2D eigenvalue weighted by Crippen LogP contribution is -2.15. The van der Waals surface area contributed by atoms with Crippen molar-refractivity contribution >= 4 is 11.6 Å². The quantitative estimate of drug-likeness (QED) is 0.829. The number of nitrogens with zero attached hydrogens (tertiary/aromatic N) is 1. The van der Waals surface area contributed by atoms with Crippen LogP contribution < -0.4 is 10.1 Å². The Morgan fingerprint density at radius 2 is 2.50 bits per heavy atom. The van der Waals surface area contributed by atoms with Crippen LogP contribution >= 0.6 is 11.6 Å². The molecule has 3 nitrogen and oxygen atoms in total. The topological polar surface area (TPSA) is 34.1 Å². The molecule has 1 N–H and O–H groups in total. The average molecular weight is 213 g/mol. The normalized spacial score (nSPS) is 21.1. The van der Waals surface area contributed by atoms with Gasteiger partial charge < -0.3 is 10.1 Å². The number of hydrogen-bond donors (Lipinski definition) is 1. The summed E-state index contributed by atoms with van der Waals surface area (Å²) in [6.07, 6.45) is 4.48. The smallest absolute Gasteiger partial charge is 0.139 e. The Labute approximate surface area is 88.4 Å². The van der Waals surface area contributed by atoms with Gasteiger partial charge in [-0.05, 0) is 13.0 Å². The molecule has 0 bridgehead atoms. The van der Waals surface area contributed by atoms with Crippen LogP contribution in [0.1, 0.15) is 6.42 Å². The Balaban J connectivity index is 1.85. The van der Waals surface area contributed by atoms with Crippen molar-refractivity contribution in [3.8, 4) is 5.75 Å². The maximum absolute atomic E-state index is 5.79. The molecule has 1 aromatic heterocycles. The van der Waals surface area contributed by atoms with Gasteiger partial charge in [-0.3, -0.25) is 4.98 Å². The zero-order valence-electron chi connectivity index (χ0n) is 7.87. The minimum atomic E-state index is 0.618. The highest BCUT2D eigenvalue weighted by Gasteiger charge is 2.14. The molecule has 0 amide bonds. The van der Waals surface area contributed by atoms with Gasteiger partial charge in [-0.2, -0.15) is 0 Å². The highest BCUT2D eigenvalue weighted by atomic mass is 35.5. The molecule has 0 saturated carbocycles. The minimum Gasteiger partial charge on any atom is -0.492 e. The van der Waals surface area contributed by atoms with E-state index in [-0.39, 0.29) is 0 Å². The van der Waals surface area contributed by atoms with Gasteiger partial charge in [0, 0.05) is 24.7 Å². The van der Waals surface area contributed by atoms with E-state index < -0.39 is 0 Å². The summed E-state index contributed by atoms with van der Waals surface area (Å²) in [6.45, 7) is 2.89. The molecule has 2 rings (SSSR count). The van der Waals surface area contributed by atoms with Crippen LogP contribution in [0.3, 0.4) is 0 Å². The summed E-state index contributed by atoms with van der Waals surface area (Å²) >= 11 is 5.79. The van der Waals surface area contributed by atoms with E-state index in [0.717, 1.165) is 25.4 Å². The lowest BCUT2D eigenvalue weighted by atomic mass is 10.1. The number of aromatic nitrogens is 1. The Morgan fingerprint density at radius 3 is 3.21 bits per heavy atom. The summed E-state index contributed by atoms with van der Waals surface area (Å²) in [5.41, 5.74) is 0. The third-order valence-corrected chi connectivity index (χ3v) is 2.53. The molecule has 1 aromatic rings. The highest BCUT2D eigenvalue weighted by molar-refractivity contribution is 6.30. The van der Waals surface area contributed by atoms with Crippen molar-refractivity contribution in [2.24, 2.45) is 5.92 Å². The van der Waals surface area contributed by atoms with Crippen LogP contribution in [0.25, 0.3) is 0 Å². The highest BCUT2D eigenvalue weighted by Crippen LogP contribution is 2.17. The molecule has 1 aliphatic rings. The van der Waals surface area contributed by atoms with Crippen molar-refractivity contribution in [2.75, 3.05) is 19.7 Å². The van der Waals surface area contributed by atoms with Crippen LogP contribution in [-0.4, -0.2) is 24.7 Å². The Kier molecular flexibility index (Phi) is 3.22. The van der Waals surface area contributed by atoms with Crippen molar-refractivity contribution in [3.63, 3.8) is 0 Å².